The van der Waals surface area contributed by atoms with E-state index in [-0.39, 0.29) is 5.41 Å². The van der Waals surface area contributed by atoms with Gasteiger partial charge in [0.15, 0.2) is 0 Å². The van der Waals surface area contributed by atoms with E-state index in [4.69, 9.17) is 0 Å². The van der Waals surface area contributed by atoms with Crippen LogP contribution in [-0.4, -0.2) is 12.5 Å². The Morgan fingerprint density at radius 1 is 1.21 bits per heavy atom. The summed E-state index contributed by atoms with van der Waals surface area (Å²) in [7, 11) is 0. The van der Waals surface area contributed by atoms with E-state index in [0.717, 1.165) is 31.4 Å². The molecule has 0 spiro atoms. The topological polar surface area (TPSA) is 20.3 Å². The van der Waals surface area contributed by atoms with Crippen LogP contribution in [0.3, 0.4) is 0 Å². The van der Waals surface area contributed by atoms with E-state index in [0.29, 0.717) is 12.0 Å². The Morgan fingerprint density at radius 3 is 2.33 bits per heavy atom. The summed E-state index contributed by atoms with van der Waals surface area (Å²) in [5.74, 6) is 0.694. The fourth-order valence-corrected chi connectivity index (χ4v) is 3.92. The first-order chi connectivity index (χ1) is 11.5. The van der Waals surface area contributed by atoms with Crippen molar-refractivity contribution >= 4 is 12.1 Å². The van der Waals surface area contributed by atoms with E-state index in [1.807, 2.05) is 18.7 Å². The minimum Gasteiger partial charge on any atom is -0.312 e. The fraction of sp³-hybridized carbons (Fsp3) is 0.682. The highest BCUT2D eigenvalue weighted by atomic mass is 16.1. The largest absolute Gasteiger partial charge is 0.312 e. The molecule has 1 aromatic rings. The van der Waals surface area contributed by atoms with Crippen molar-refractivity contribution in [3.8, 4) is 0 Å². The smallest absolute Gasteiger partial charge is 0.214 e. The SMILES string of the molecule is CC.CCC(C)CC(C)(C)c1ccccc1N(C=O)C1CCCC1. The van der Waals surface area contributed by atoms with Crippen LogP contribution in [-0.2, 0) is 10.2 Å². The van der Waals surface area contributed by atoms with Crippen molar-refractivity contribution in [1.82, 2.24) is 0 Å². The molecule has 0 saturated heterocycles. The van der Waals surface area contributed by atoms with Crippen LogP contribution in [0.2, 0.25) is 0 Å². The van der Waals surface area contributed by atoms with Crippen LogP contribution in [0.4, 0.5) is 5.69 Å². The summed E-state index contributed by atoms with van der Waals surface area (Å²) in [5, 5.41) is 0. The van der Waals surface area contributed by atoms with Gasteiger partial charge >= 0.3 is 0 Å². The first kappa shape index (κ1) is 20.7. The second-order valence-electron chi connectivity index (χ2n) is 7.57. The maximum atomic E-state index is 11.8. The van der Waals surface area contributed by atoms with Gasteiger partial charge in [-0.3, -0.25) is 4.79 Å². The fourth-order valence-electron chi connectivity index (χ4n) is 3.92. The number of amides is 1. The highest BCUT2D eigenvalue weighted by molar-refractivity contribution is 5.78. The molecular formula is C22H37NO. The lowest BCUT2D eigenvalue weighted by Crippen LogP contribution is -2.34. The third-order valence-electron chi connectivity index (χ3n) is 5.30. The molecule has 1 aromatic carbocycles. The van der Waals surface area contributed by atoms with Gasteiger partial charge in [-0.05, 0) is 42.2 Å². The molecule has 136 valence electrons. The van der Waals surface area contributed by atoms with Crippen molar-refractivity contribution in [2.75, 3.05) is 4.90 Å². The Labute approximate surface area is 149 Å². The number of hydrogen-bond donors (Lipinski definition) is 0. The molecule has 1 fully saturated rings. The zero-order valence-corrected chi connectivity index (χ0v) is 16.6. The average molecular weight is 332 g/mol. The van der Waals surface area contributed by atoms with E-state index >= 15 is 0 Å². The third kappa shape index (κ3) is 5.09. The van der Waals surface area contributed by atoms with Crippen molar-refractivity contribution in [2.45, 2.75) is 91.5 Å². The van der Waals surface area contributed by atoms with E-state index in [1.54, 1.807) is 0 Å². The van der Waals surface area contributed by atoms with E-state index in [2.05, 4.69) is 52.0 Å². The summed E-state index contributed by atoms with van der Waals surface area (Å²) in [4.78, 5) is 13.8. The van der Waals surface area contributed by atoms with Gasteiger partial charge in [-0.25, -0.2) is 0 Å². The van der Waals surface area contributed by atoms with E-state index in [1.165, 1.54) is 24.8 Å². The summed E-state index contributed by atoms with van der Waals surface area (Å²) >= 11 is 0. The summed E-state index contributed by atoms with van der Waals surface area (Å²) in [6, 6.07) is 8.89. The van der Waals surface area contributed by atoms with Crippen LogP contribution in [0.25, 0.3) is 0 Å². The Hall–Kier alpha value is -1.31. The molecule has 2 nitrogen and oxygen atoms in total. The van der Waals surface area contributed by atoms with Gasteiger partial charge in [0.25, 0.3) is 0 Å². The molecule has 0 aromatic heterocycles. The second-order valence-corrected chi connectivity index (χ2v) is 7.57. The predicted octanol–water partition coefficient (Wildman–Crippen LogP) is 6.33. The van der Waals surface area contributed by atoms with Crippen molar-refractivity contribution in [3.05, 3.63) is 29.8 Å². The minimum atomic E-state index is 0.0892. The number of carbonyl (C=O) groups excluding carboxylic acids is 1. The number of rotatable bonds is 7. The summed E-state index contributed by atoms with van der Waals surface area (Å²) in [6.07, 6.45) is 8.16. The standard InChI is InChI=1S/C20H31NO.C2H6/c1-5-16(2)14-20(3,4)18-12-8-9-13-19(18)21(15-22)17-10-6-7-11-17;1-2/h8-9,12-13,15-17H,5-7,10-11,14H2,1-4H3;1-2H3. The maximum absolute atomic E-state index is 11.8. The van der Waals surface area contributed by atoms with Gasteiger partial charge in [0.1, 0.15) is 0 Å². The second kappa shape index (κ2) is 9.86. The van der Waals surface area contributed by atoms with Gasteiger partial charge in [0.05, 0.1) is 0 Å². The molecule has 0 N–H and O–H groups in total. The van der Waals surface area contributed by atoms with Gasteiger partial charge < -0.3 is 4.90 Å². The summed E-state index contributed by atoms with van der Waals surface area (Å²) < 4.78 is 0. The number of nitrogens with zero attached hydrogens (tertiary/aromatic N) is 1. The van der Waals surface area contributed by atoms with E-state index in [9.17, 15) is 4.79 Å². The summed E-state index contributed by atoms with van der Waals surface area (Å²) in [6.45, 7) is 13.2. The van der Waals surface area contributed by atoms with Crippen molar-refractivity contribution in [1.29, 1.82) is 0 Å². The number of para-hydroxylation sites is 1. The van der Waals surface area contributed by atoms with Gasteiger partial charge in [-0.2, -0.15) is 0 Å². The number of carbonyl (C=O) groups is 1. The Balaban J connectivity index is 0.00000139. The lowest BCUT2D eigenvalue weighted by molar-refractivity contribution is -0.107. The lowest BCUT2D eigenvalue weighted by atomic mass is 9.76. The quantitative estimate of drug-likeness (QED) is 0.534. The van der Waals surface area contributed by atoms with Crippen molar-refractivity contribution in [3.63, 3.8) is 0 Å². The molecular weight excluding hydrogens is 294 g/mol. The first-order valence-corrected chi connectivity index (χ1v) is 9.82. The molecule has 1 aliphatic rings. The lowest BCUT2D eigenvalue weighted by Gasteiger charge is -2.34. The molecule has 1 atom stereocenters. The molecule has 24 heavy (non-hydrogen) atoms. The normalized spacial score (nSPS) is 16.2. The maximum Gasteiger partial charge on any atom is 0.214 e. The molecule has 1 aliphatic carbocycles. The highest BCUT2D eigenvalue weighted by Gasteiger charge is 2.30. The molecule has 0 radical (unpaired) electrons. The highest BCUT2D eigenvalue weighted by Crippen LogP contribution is 2.39. The van der Waals surface area contributed by atoms with Crippen LogP contribution in [0, 0.1) is 5.92 Å². The van der Waals surface area contributed by atoms with Crippen molar-refractivity contribution in [2.24, 2.45) is 5.92 Å². The number of benzene rings is 1. The van der Waals surface area contributed by atoms with Gasteiger partial charge in [0, 0.05) is 11.7 Å². The van der Waals surface area contributed by atoms with Crippen LogP contribution in [0.1, 0.15) is 85.6 Å². The zero-order chi connectivity index (χ0) is 18.2. The predicted molar refractivity (Wildman–Crippen MR) is 106 cm³/mol. The molecule has 0 bridgehead atoms. The van der Waals surface area contributed by atoms with Gasteiger partial charge in [-0.1, -0.05) is 79.0 Å². The first-order valence-electron chi connectivity index (χ1n) is 9.82. The monoisotopic (exact) mass is 331 g/mol. The Bertz CT molecular complexity index is 488. The third-order valence-corrected chi connectivity index (χ3v) is 5.30. The number of anilines is 1. The minimum absolute atomic E-state index is 0.0892. The molecule has 2 rings (SSSR count). The average Bonchev–Trinajstić information content (AvgIpc) is 3.11. The molecule has 0 heterocycles. The van der Waals surface area contributed by atoms with Crippen LogP contribution >= 0.6 is 0 Å². The van der Waals surface area contributed by atoms with Crippen LogP contribution in [0.5, 0.6) is 0 Å². The molecule has 2 heteroatoms. The summed E-state index contributed by atoms with van der Waals surface area (Å²) in [5.41, 5.74) is 2.53. The molecule has 1 saturated carbocycles. The zero-order valence-electron chi connectivity index (χ0n) is 16.6. The van der Waals surface area contributed by atoms with E-state index < -0.39 is 0 Å². The molecule has 1 unspecified atom stereocenters. The number of hydrogen-bond acceptors (Lipinski definition) is 1. The Kier molecular flexibility index (Phi) is 8.52. The van der Waals surface area contributed by atoms with Crippen molar-refractivity contribution < 1.29 is 4.79 Å². The van der Waals surface area contributed by atoms with Crippen LogP contribution in [0.15, 0.2) is 24.3 Å². The molecule has 1 amide bonds. The van der Waals surface area contributed by atoms with Gasteiger partial charge in [-0.15, -0.1) is 0 Å². The Morgan fingerprint density at radius 2 is 1.79 bits per heavy atom. The van der Waals surface area contributed by atoms with Gasteiger partial charge in [0.2, 0.25) is 6.41 Å². The van der Waals surface area contributed by atoms with Crippen LogP contribution < -0.4 is 4.90 Å². The molecule has 0 aliphatic heterocycles.